The van der Waals surface area contributed by atoms with Gasteiger partial charge in [-0.25, -0.2) is 13.1 Å². The number of thiophene rings is 1. The number of halogens is 1. The molecule has 0 spiro atoms. The fourth-order valence-electron chi connectivity index (χ4n) is 2.40. The molecule has 0 aromatic carbocycles. The number of nitrogens with one attached hydrogen (secondary N) is 2. The lowest BCUT2D eigenvalue weighted by atomic mass is 9.81. The zero-order valence-corrected chi connectivity index (χ0v) is 15.7. The van der Waals surface area contributed by atoms with E-state index in [2.05, 4.69) is 32.9 Å². The Bertz CT molecular complexity index is 568. The van der Waals surface area contributed by atoms with Crippen LogP contribution in [0.15, 0.2) is 14.7 Å². The lowest BCUT2D eigenvalue weighted by molar-refractivity contribution is 0.260. The Kier molecular flexibility index (Phi) is 6.25. The van der Waals surface area contributed by atoms with Crippen LogP contribution in [0.4, 0.5) is 0 Å². The second-order valence-corrected chi connectivity index (χ2v) is 9.77. The molecular weight excluding hydrogens is 372 g/mol. The van der Waals surface area contributed by atoms with E-state index in [4.69, 9.17) is 0 Å². The molecule has 0 radical (unpaired) electrons. The van der Waals surface area contributed by atoms with Crippen molar-refractivity contribution in [3.63, 3.8) is 0 Å². The van der Waals surface area contributed by atoms with Crippen molar-refractivity contribution in [3.05, 3.63) is 14.7 Å². The Labute approximate surface area is 139 Å². The normalized spacial score (nSPS) is 17.7. The van der Waals surface area contributed by atoms with Crippen LogP contribution in [0.1, 0.15) is 44.4 Å². The molecular formula is C14H23BrN2O2S2. The Morgan fingerprint density at radius 3 is 2.76 bits per heavy atom. The van der Waals surface area contributed by atoms with Gasteiger partial charge >= 0.3 is 0 Å². The second kappa shape index (κ2) is 7.55. The highest BCUT2D eigenvalue weighted by molar-refractivity contribution is 9.11. The monoisotopic (exact) mass is 394 g/mol. The fourth-order valence-corrected chi connectivity index (χ4v) is 6.37. The van der Waals surface area contributed by atoms with Crippen molar-refractivity contribution in [2.24, 2.45) is 5.92 Å². The van der Waals surface area contributed by atoms with Crippen molar-refractivity contribution in [3.8, 4) is 0 Å². The largest absolute Gasteiger partial charge is 0.312 e. The SMILES string of the molecule is CCCNCc1cc(S(=O)(=O)NC(C)C2CCC2)c(Br)s1. The molecule has 1 aliphatic carbocycles. The molecule has 0 aliphatic heterocycles. The van der Waals surface area contributed by atoms with Gasteiger partial charge in [0.2, 0.25) is 10.0 Å². The molecule has 7 heteroatoms. The first kappa shape index (κ1) is 17.4. The molecule has 2 rings (SSSR count). The predicted molar refractivity (Wildman–Crippen MR) is 91.1 cm³/mol. The summed E-state index contributed by atoms with van der Waals surface area (Å²) in [4.78, 5) is 1.40. The molecule has 0 bridgehead atoms. The van der Waals surface area contributed by atoms with Gasteiger partial charge in [-0.2, -0.15) is 0 Å². The van der Waals surface area contributed by atoms with Crippen molar-refractivity contribution in [2.45, 2.75) is 57.0 Å². The molecule has 1 aromatic rings. The van der Waals surface area contributed by atoms with E-state index >= 15 is 0 Å². The summed E-state index contributed by atoms with van der Waals surface area (Å²) in [5, 5.41) is 3.29. The van der Waals surface area contributed by atoms with E-state index in [9.17, 15) is 8.42 Å². The molecule has 1 atom stereocenters. The van der Waals surface area contributed by atoms with E-state index in [1.54, 1.807) is 6.07 Å². The smallest absolute Gasteiger partial charge is 0.242 e. The van der Waals surface area contributed by atoms with Gasteiger partial charge in [0.1, 0.15) is 4.90 Å². The van der Waals surface area contributed by atoms with E-state index < -0.39 is 10.0 Å². The van der Waals surface area contributed by atoms with Crippen LogP contribution in [0.3, 0.4) is 0 Å². The van der Waals surface area contributed by atoms with Gasteiger partial charge in [0.25, 0.3) is 0 Å². The third kappa shape index (κ3) is 4.51. The lowest BCUT2D eigenvalue weighted by Crippen LogP contribution is -2.40. The Hall–Kier alpha value is 0.0500. The quantitative estimate of drug-likeness (QED) is 0.663. The molecule has 1 unspecified atom stereocenters. The molecule has 1 saturated carbocycles. The third-order valence-corrected chi connectivity index (χ3v) is 7.73. The molecule has 1 aromatic heterocycles. The molecule has 1 heterocycles. The van der Waals surface area contributed by atoms with Crippen molar-refractivity contribution < 1.29 is 8.42 Å². The number of sulfonamides is 1. The van der Waals surface area contributed by atoms with Gasteiger partial charge in [-0.1, -0.05) is 13.3 Å². The molecule has 0 saturated heterocycles. The van der Waals surface area contributed by atoms with Crippen LogP contribution >= 0.6 is 27.3 Å². The van der Waals surface area contributed by atoms with Crippen LogP contribution in [0.5, 0.6) is 0 Å². The van der Waals surface area contributed by atoms with Crippen molar-refractivity contribution in [1.29, 1.82) is 0 Å². The molecule has 4 nitrogen and oxygen atoms in total. The molecule has 120 valence electrons. The van der Waals surface area contributed by atoms with Crippen molar-refractivity contribution >= 4 is 37.3 Å². The maximum atomic E-state index is 12.5. The summed E-state index contributed by atoms with van der Waals surface area (Å²) in [6, 6.07) is 1.78. The van der Waals surface area contributed by atoms with Crippen molar-refractivity contribution in [1.82, 2.24) is 10.0 Å². The summed E-state index contributed by atoms with van der Waals surface area (Å²) in [5.41, 5.74) is 0. The van der Waals surface area contributed by atoms with Crippen LogP contribution in [0.25, 0.3) is 0 Å². The van der Waals surface area contributed by atoms with Crippen molar-refractivity contribution in [2.75, 3.05) is 6.54 Å². The first-order valence-electron chi connectivity index (χ1n) is 7.45. The average Bonchev–Trinajstić information content (AvgIpc) is 2.68. The summed E-state index contributed by atoms with van der Waals surface area (Å²) < 4.78 is 28.5. The zero-order chi connectivity index (χ0) is 15.5. The number of rotatable bonds is 8. The molecule has 21 heavy (non-hydrogen) atoms. The minimum atomic E-state index is -3.44. The van der Waals surface area contributed by atoms with Gasteiger partial charge in [0.15, 0.2) is 0 Å². The summed E-state index contributed by atoms with van der Waals surface area (Å²) in [6.07, 6.45) is 4.53. The first-order valence-corrected chi connectivity index (χ1v) is 10.5. The molecule has 0 amide bonds. The molecule has 1 fully saturated rings. The van der Waals surface area contributed by atoms with Crippen LogP contribution in [-0.4, -0.2) is 21.0 Å². The number of hydrogen-bond acceptors (Lipinski definition) is 4. The third-order valence-electron chi connectivity index (χ3n) is 3.92. The Morgan fingerprint density at radius 1 is 1.48 bits per heavy atom. The minimum absolute atomic E-state index is 0.0113. The summed E-state index contributed by atoms with van der Waals surface area (Å²) in [7, 11) is -3.44. The second-order valence-electron chi connectivity index (χ2n) is 5.63. The van der Waals surface area contributed by atoms with Gasteiger partial charge in [-0.15, -0.1) is 11.3 Å². The summed E-state index contributed by atoms with van der Waals surface area (Å²) in [6.45, 7) is 5.73. The van der Waals surface area contributed by atoms with E-state index in [-0.39, 0.29) is 6.04 Å². The van der Waals surface area contributed by atoms with Crippen LogP contribution in [-0.2, 0) is 16.6 Å². The summed E-state index contributed by atoms with van der Waals surface area (Å²) >= 11 is 4.87. The van der Waals surface area contributed by atoms with Crippen LogP contribution < -0.4 is 10.0 Å². The predicted octanol–water partition coefficient (Wildman–Crippen LogP) is 3.48. The van der Waals surface area contributed by atoms with Gasteiger partial charge in [0.05, 0.1) is 3.79 Å². The Balaban J connectivity index is 2.04. The maximum absolute atomic E-state index is 12.5. The molecule has 1 aliphatic rings. The Morgan fingerprint density at radius 2 is 2.19 bits per heavy atom. The van der Waals surface area contributed by atoms with Gasteiger partial charge in [0, 0.05) is 17.5 Å². The van der Waals surface area contributed by atoms with E-state index in [1.807, 2.05) is 6.92 Å². The average molecular weight is 395 g/mol. The van der Waals surface area contributed by atoms with Gasteiger partial charge in [-0.05, 0) is 60.6 Å². The zero-order valence-electron chi connectivity index (χ0n) is 12.5. The van der Waals surface area contributed by atoms with Crippen LogP contribution in [0, 0.1) is 5.92 Å². The summed E-state index contributed by atoms with van der Waals surface area (Å²) in [5.74, 6) is 0.489. The van der Waals surface area contributed by atoms with Gasteiger partial charge < -0.3 is 5.32 Å². The lowest BCUT2D eigenvalue weighted by Gasteiger charge is -2.31. The van der Waals surface area contributed by atoms with E-state index in [0.717, 1.165) is 30.7 Å². The standard InChI is InChI=1S/C14H23BrN2O2S2/c1-3-7-16-9-12-8-13(14(15)20-12)21(18,19)17-10(2)11-5-4-6-11/h8,10-11,16-17H,3-7,9H2,1-2H3. The van der Waals surface area contributed by atoms with Crippen LogP contribution in [0.2, 0.25) is 0 Å². The maximum Gasteiger partial charge on any atom is 0.242 e. The van der Waals surface area contributed by atoms with Gasteiger partial charge in [-0.3, -0.25) is 0 Å². The van der Waals surface area contributed by atoms with E-state index in [1.165, 1.54) is 17.8 Å². The highest BCUT2D eigenvalue weighted by atomic mass is 79.9. The highest BCUT2D eigenvalue weighted by Gasteiger charge is 2.29. The minimum Gasteiger partial charge on any atom is -0.312 e. The molecule has 2 N–H and O–H groups in total. The fraction of sp³-hybridized carbons (Fsp3) is 0.714. The first-order chi connectivity index (χ1) is 9.94. The van der Waals surface area contributed by atoms with E-state index in [0.29, 0.717) is 21.1 Å². The topological polar surface area (TPSA) is 58.2 Å². The highest BCUT2D eigenvalue weighted by Crippen LogP contribution is 2.34. The number of hydrogen-bond donors (Lipinski definition) is 2.